The minimum atomic E-state index is -5.60. The number of aromatic hydroxyl groups is 1. The van der Waals surface area contributed by atoms with Gasteiger partial charge in [0, 0.05) is 6.07 Å². The van der Waals surface area contributed by atoms with Gasteiger partial charge in [0.1, 0.15) is 11.4 Å². The summed E-state index contributed by atoms with van der Waals surface area (Å²) in [4.78, 5) is 0.755. The molecule has 0 amide bonds. The molecule has 0 aliphatic rings. The average Bonchev–Trinajstić information content (AvgIpc) is 2.17. The first kappa shape index (κ1) is 22.0. The number of nitrogens with one attached hydrogen (secondary N) is 1. The summed E-state index contributed by atoms with van der Waals surface area (Å²) in [5.41, 5.74) is -1.21. The van der Waals surface area contributed by atoms with Crippen LogP contribution in [0.3, 0.4) is 0 Å². The molecule has 0 saturated carbocycles. The molecule has 15 heteroatoms. The normalized spacial score (nSPS) is 11.2. The maximum absolute atomic E-state index is 13.4. The first-order valence-electron chi connectivity index (χ1n) is 4.09. The summed E-state index contributed by atoms with van der Waals surface area (Å²) in [6.07, 6.45) is 0. The molecule has 1 aromatic rings. The van der Waals surface area contributed by atoms with Crippen LogP contribution in [-0.2, 0) is 20.6 Å². The number of halogens is 2. The van der Waals surface area contributed by atoms with Gasteiger partial charge in [-0.05, 0) is 6.07 Å². The third-order valence-electron chi connectivity index (χ3n) is 1.65. The van der Waals surface area contributed by atoms with E-state index in [9.17, 15) is 30.3 Å². The highest BCUT2D eigenvalue weighted by molar-refractivity contribution is 7.89. The van der Waals surface area contributed by atoms with Gasteiger partial charge in [-0.25, -0.2) is 21.2 Å². The van der Waals surface area contributed by atoms with Gasteiger partial charge in [0.05, 0.1) is 5.02 Å². The smallest absolute Gasteiger partial charge is 0.199 e. The second-order valence-electron chi connectivity index (χ2n) is 3.02. The van der Waals surface area contributed by atoms with Crippen LogP contribution in [0.2, 0.25) is 5.02 Å². The molecule has 0 atom stereocenters. The predicted octanol–water partition coefficient (Wildman–Crippen LogP) is 0.169. The van der Waals surface area contributed by atoms with Crippen molar-refractivity contribution in [2.75, 3.05) is 4.41 Å². The molecule has 0 saturated heterocycles. The summed E-state index contributed by atoms with van der Waals surface area (Å²) in [5, 5.41) is 8.64. The first-order chi connectivity index (χ1) is 8.42. The quantitative estimate of drug-likeness (QED) is 0.423. The molecule has 0 aliphatic carbocycles. The fourth-order valence-corrected chi connectivity index (χ4v) is 2.47. The summed E-state index contributed by atoms with van der Waals surface area (Å²) in [7, 11) is -11.0. The minimum Gasteiger partial charge on any atom is -0.734 e. The highest BCUT2D eigenvalue weighted by Crippen LogP contribution is 2.31. The molecule has 11 nitrogen and oxygen atoms in total. The van der Waals surface area contributed by atoms with Crippen molar-refractivity contribution in [2.24, 2.45) is 0 Å². The van der Waals surface area contributed by atoms with E-state index in [1.165, 1.54) is 0 Å². The van der Waals surface area contributed by atoms with E-state index in [0.717, 1.165) is 4.83 Å². The van der Waals surface area contributed by atoms with Crippen molar-refractivity contribution < 1.29 is 35.4 Å². The van der Waals surface area contributed by atoms with Crippen molar-refractivity contribution in [3.05, 3.63) is 23.0 Å². The standard InChI is InChI=1S/C6H6ClFN2O7S2.2H3N/c7-3-1-4(8)5(2-6(3)11)10(19(15,16)17)9-18(12,13)14;;/h1-2,9,11H,(H,12,13,14)(H,15,16,17);2*1H3. The molecule has 1 rings (SSSR count). The first-order valence-corrected chi connectivity index (χ1v) is 7.24. The Morgan fingerprint density at radius 1 is 1.19 bits per heavy atom. The Bertz CT molecular complexity index is 710. The molecular weight excluding hydrogens is 359 g/mol. The van der Waals surface area contributed by atoms with E-state index >= 15 is 0 Å². The fourth-order valence-electron chi connectivity index (χ4n) is 0.999. The number of rotatable bonds is 4. The number of hydrogen-bond acceptors (Lipinski definition) is 7. The van der Waals surface area contributed by atoms with Crippen molar-refractivity contribution in [1.82, 2.24) is 17.1 Å². The summed E-state index contributed by atoms with van der Waals surface area (Å²) in [6.45, 7) is 0. The summed E-state index contributed by atoms with van der Waals surface area (Å²) in [6, 6.07) is 0.773. The average molecular weight is 371 g/mol. The molecule has 0 fully saturated rings. The number of phenols is 1. The van der Waals surface area contributed by atoms with Gasteiger partial charge in [-0.1, -0.05) is 11.6 Å². The monoisotopic (exact) mass is 370 g/mol. The molecule has 0 aromatic heterocycles. The molecule has 0 bridgehead atoms. The van der Waals surface area contributed by atoms with Crippen LogP contribution < -0.4 is 21.5 Å². The predicted molar refractivity (Wildman–Crippen MR) is 70.1 cm³/mol. The highest BCUT2D eigenvalue weighted by Gasteiger charge is 2.21. The Kier molecular flexibility index (Phi) is 7.49. The van der Waals surface area contributed by atoms with Gasteiger partial charge in [0.2, 0.25) is 0 Å². The minimum absolute atomic E-state index is 0. The lowest BCUT2D eigenvalue weighted by molar-refractivity contribution is 0.431. The van der Waals surface area contributed by atoms with Crippen LogP contribution in [-0.4, -0.2) is 31.0 Å². The Labute approximate surface area is 124 Å². The van der Waals surface area contributed by atoms with Crippen molar-refractivity contribution in [3.63, 3.8) is 0 Å². The lowest BCUT2D eigenvalue weighted by Gasteiger charge is -2.28. The molecule has 0 heterocycles. The zero-order chi connectivity index (χ0) is 15.0. The van der Waals surface area contributed by atoms with Gasteiger partial charge in [0.25, 0.3) is 0 Å². The van der Waals surface area contributed by atoms with E-state index in [-0.39, 0.29) is 12.3 Å². The Morgan fingerprint density at radius 3 is 2.05 bits per heavy atom. The molecule has 0 unspecified atom stereocenters. The van der Waals surface area contributed by atoms with Gasteiger partial charge in [-0.3, -0.25) is 0 Å². The maximum atomic E-state index is 13.4. The zero-order valence-electron chi connectivity index (χ0n) is 10.6. The molecule has 10 N–H and O–H groups in total. The number of nitrogens with zero attached hydrogens (tertiary/aromatic N) is 1. The number of hydrazine groups is 1. The van der Waals surface area contributed by atoms with Crippen LogP contribution in [0.1, 0.15) is 0 Å². The van der Waals surface area contributed by atoms with Crippen LogP contribution in [0.25, 0.3) is 0 Å². The largest absolute Gasteiger partial charge is 0.734 e. The molecule has 21 heavy (non-hydrogen) atoms. The van der Waals surface area contributed by atoms with Crippen molar-refractivity contribution in [2.45, 2.75) is 0 Å². The summed E-state index contributed by atoms with van der Waals surface area (Å²) in [5.74, 6) is -2.30. The number of benzene rings is 1. The number of anilines is 1. The number of hydrogen-bond donors (Lipinski definition) is 4. The maximum Gasteiger partial charge on any atom is 0.199 e. The molecule has 124 valence electrons. The Morgan fingerprint density at radius 2 is 1.67 bits per heavy atom. The Balaban J connectivity index is 0. The second kappa shape index (κ2) is 7.14. The molecule has 0 radical (unpaired) electrons. The van der Waals surface area contributed by atoms with E-state index in [2.05, 4.69) is 0 Å². The topological polar surface area (TPSA) is 223 Å². The van der Waals surface area contributed by atoms with E-state index in [0.29, 0.717) is 12.1 Å². The Hall–Kier alpha value is -1.26. The van der Waals surface area contributed by atoms with Gasteiger partial charge in [-0.15, -0.1) is 4.83 Å². The van der Waals surface area contributed by atoms with Crippen molar-refractivity contribution in [1.29, 1.82) is 0 Å². The van der Waals surface area contributed by atoms with Crippen LogP contribution >= 0.6 is 11.6 Å². The third-order valence-corrected chi connectivity index (χ3v) is 3.21. The van der Waals surface area contributed by atoms with Crippen LogP contribution in [0.5, 0.6) is 5.75 Å². The SMILES string of the molecule is O=S(=O)([O-])NN(c1cc(O)c(Cl)cc1F)S(=O)(=O)[O-].[NH4+].[NH4+]. The zero-order valence-corrected chi connectivity index (χ0v) is 13.0. The van der Waals surface area contributed by atoms with E-state index < -0.39 is 47.3 Å². The van der Waals surface area contributed by atoms with Crippen LogP contribution in [0, 0.1) is 5.82 Å². The summed E-state index contributed by atoms with van der Waals surface area (Å²) >= 11 is 5.30. The van der Waals surface area contributed by atoms with Crippen molar-refractivity contribution in [3.8, 4) is 5.75 Å². The van der Waals surface area contributed by atoms with E-state index in [4.69, 9.17) is 16.7 Å². The molecule has 0 spiro atoms. The summed E-state index contributed by atoms with van der Waals surface area (Å²) < 4.78 is 76.2. The number of quaternary nitrogens is 2. The third kappa shape index (κ3) is 5.94. The highest BCUT2D eigenvalue weighted by atomic mass is 35.5. The lowest BCUT2D eigenvalue weighted by atomic mass is 10.3. The van der Waals surface area contributed by atoms with Crippen LogP contribution in [0.15, 0.2) is 12.1 Å². The van der Waals surface area contributed by atoms with Crippen molar-refractivity contribution >= 4 is 37.9 Å². The van der Waals surface area contributed by atoms with Gasteiger partial charge in [-0.2, -0.15) is 4.41 Å². The molecular formula is C6H12ClFN4O7S2. The molecule has 1 aromatic carbocycles. The van der Waals surface area contributed by atoms with Crippen LogP contribution in [0.4, 0.5) is 10.1 Å². The number of phenolic OH excluding ortho intramolecular Hbond substituents is 1. The van der Waals surface area contributed by atoms with Gasteiger partial charge in [0.15, 0.2) is 26.4 Å². The van der Waals surface area contributed by atoms with E-state index in [1.54, 1.807) is 0 Å². The molecule has 0 aliphatic heterocycles. The van der Waals surface area contributed by atoms with Gasteiger partial charge >= 0.3 is 0 Å². The fraction of sp³-hybridized carbons (Fsp3) is 0. The second-order valence-corrected chi connectivity index (χ2v) is 5.74. The van der Waals surface area contributed by atoms with Gasteiger partial charge < -0.3 is 26.5 Å². The van der Waals surface area contributed by atoms with E-state index in [1.807, 2.05) is 0 Å². The lowest BCUT2D eigenvalue weighted by Crippen LogP contribution is -2.46.